The molecule has 3 aliphatic rings. The number of rotatable bonds is 6. The highest BCUT2D eigenvalue weighted by Gasteiger charge is 2.45. The number of hydrogen-bond donors (Lipinski definition) is 3. The minimum atomic E-state index is -0.482. The number of carbonyl (C=O) groups excluding carboxylic acids is 1. The van der Waals surface area contributed by atoms with Crippen LogP contribution >= 0.6 is 11.6 Å². The van der Waals surface area contributed by atoms with E-state index in [2.05, 4.69) is 36.9 Å². The number of halogens is 1. The number of methoxy groups -OCH3 is 1. The maximum atomic E-state index is 13.2. The lowest BCUT2D eigenvalue weighted by atomic mass is 9.93. The summed E-state index contributed by atoms with van der Waals surface area (Å²) >= 11 is 7.24. The molecule has 5 aromatic rings. The fourth-order valence-electron chi connectivity index (χ4n) is 8.10. The Morgan fingerprint density at radius 1 is 1.02 bits per heavy atom. The van der Waals surface area contributed by atoms with Crippen LogP contribution in [-0.4, -0.2) is 67.3 Å². The SMILES string of the molecule is COc1nc(-c2cccc(-c3cccc(Nc4ncnc5c4c(=O)n(C)c(=O)n5C)c3C)c2Cl)cc2c1[C@@H](N1CC[C@@]3(CCNC(=O)N3)C1)CC2. The van der Waals surface area contributed by atoms with Crippen molar-refractivity contribution >= 4 is 40.2 Å². The topological polar surface area (TPSA) is 148 Å². The van der Waals surface area contributed by atoms with Gasteiger partial charge in [0.25, 0.3) is 5.56 Å². The van der Waals surface area contributed by atoms with E-state index in [1.807, 2.05) is 43.3 Å². The predicted octanol–water partition coefficient (Wildman–Crippen LogP) is 4.60. The van der Waals surface area contributed by atoms with E-state index < -0.39 is 11.2 Å². The summed E-state index contributed by atoms with van der Waals surface area (Å²) < 4.78 is 8.33. The number of ether oxygens (including phenoxy) is 1. The second-order valence-electron chi connectivity index (χ2n) is 13.7. The summed E-state index contributed by atoms with van der Waals surface area (Å²) in [5.41, 5.74) is 6.28. The molecule has 3 aromatic heterocycles. The molecule has 2 aliphatic heterocycles. The van der Waals surface area contributed by atoms with E-state index in [9.17, 15) is 14.4 Å². The van der Waals surface area contributed by atoms with E-state index in [4.69, 9.17) is 21.3 Å². The molecule has 8 rings (SSSR count). The number of likely N-dealkylation sites (tertiary alicyclic amines) is 1. The highest BCUT2D eigenvalue weighted by atomic mass is 35.5. The van der Waals surface area contributed by atoms with Crippen molar-refractivity contribution in [2.75, 3.05) is 32.1 Å². The molecule has 3 N–H and O–H groups in total. The quantitative estimate of drug-likeness (QED) is 0.230. The Morgan fingerprint density at radius 2 is 1.80 bits per heavy atom. The molecule has 2 aromatic carbocycles. The van der Waals surface area contributed by atoms with Crippen molar-refractivity contribution in [2.24, 2.45) is 14.1 Å². The maximum absolute atomic E-state index is 13.2. The lowest BCUT2D eigenvalue weighted by molar-refractivity contribution is 0.187. The van der Waals surface area contributed by atoms with Gasteiger partial charge in [0.05, 0.1) is 23.4 Å². The van der Waals surface area contributed by atoms with Gasteiger partial charge in [0.15, 0.2) is 5.65 Å². The van der Waals surface area contributed by atoms with Crippen LogP contribution in [0.3, 0.4) is 0 Å². The first-order chi connectivity index (χ1) is 24.6. The molecule has 5 heterocycles. The smallest absolute Gasteiger partial charge is 0.332 e. The summed E-state index contributed by atoms with van der Waals surface area (Å²) in [5, 5.41) is 10.2. The van der Waals surface area contributed by atoms with Crippen LogP contribution in [0.2, 0.25) is 5.02 Å². The van der Waals surface area contributed by atoms with E-state index in [0.717, 1.165) is 82.5 Å². The van der Waals surface area contributed by atoms with Gasteiger partial charge in [0.1, 0.15) is 17.5 Å². The molecule has 262 valence electrons. The third kappa shape index (κ3) is 5.42. The van der Waals surface area contributed by atoms with Crippen molar-refractivity contribution in [3.05, 3.63) is 91.3 Å². The van der Waals surface area contributed by atoms with Gasteiger partial charge in [-0.25, -0.2) is 24.5 Å². The standard InChI is InChI=1S/C37H38ClN9O4/c1-20-22(7-6-10-25(20)42-31-29-32(41-19-40-31)45(2)36(50)46(3)34(29)48)23-8-5-9-24(30(23)38)26-17-21-11-12-27(28(21)33(43-26)51-4)47-16-14-37(18-47)13-15-39-35(49)44-37/h5-10,17,19,27H,11-16,18H2,1-4H3,(H2,39,44,49)(H,40,41,42)/t27-,37-/m0/s1. The van der Waals surface area contributed by atoms with Gasteiger partial charge >= 0.3 is 11.7 Å². The van der Waals surface area contributed by atoms with Crippen molar-refractivity contribution in [3.63, 3.8) is 0 Å². The lowest BCUT2D eigenvalue weighted by Crippen LogP contribution is -2.59. The normalized spacial score (nSPS) is 20.0. The summed E-state index contributed by atoms with van der Waals surface area (Å²) in [4.78, 5) is 53.9. The minimum Gasteiger partial charge on any atom is -0.481 e. The summed E-state index contributed by atoms with van der Waals surface area (Å²) in [6, 6.07) is 14.0. The third-order valence-corrected chi connectivity index (χ3v) is 11.2. The number of hydrogen-bond acceptors (Lipinski definition) is 9. The van der Waals surface area contributed by atoms with E-state index in [0.29, 0.717) is 23.3 Å². The molecular formula is C37H38ClN9O4. The zero-order valence-electron chi connectivity index (χ0n) is 28.8. The number of aryl methyl sites for hydroxylation is 2. The van der Waals surface area contributed by atoms with Crippen molar-refractivity contribution in [1.82, 2.24) is 39.6 Å². The van der Waals surface area contributed by atoms with E-state index in [1.54, 1.807) is 14.2 Å². The predicted molar refractivity (Wildman–Crippen MR) is 196 cm³/mol. The minimum absolute atomic E-state index is 0.0864. The first kappa shape index (κ1) is 32.9. The number of anilines is 2. The number of amides is 2. The Labute approximate surface area is 298 Å². The number of urea groups is 1. The second-order valence-corrected chi connectivity index (χ2v) is 14.1. The number of aromatic nitrogens is 5. The first-order valence-electron chi connectivity index (χ1n) is 17.0. The Kier molecular flexibility index (Phi) is 8.06. The number of fused-ring (bicyclic) bond motifs is 2. The van der Waals surface area contributed by atoms with E-state index in [1.165, 1.54) is 23.5 Å². The Bertz CT molecular complexity index is 2370. The van der Waals surface area contributed by atoms with Crippen LogP contribution < -0.4 is 31.9 Å². The molecule has 0 unspecified atom stereocenters. The number of nitrogens with zero attached hydrogens (tertiary/aromatic N) is 6. The van der Waals surface area contributed by atoms with Gasteiger partial charge in [-0.3, -0.25) is 18.8 Å². The molecule has 2 saturated heterocycles. The number of nitrogens with one attached hydrogen (secondary N) is 3. The van der Waals surface area contributed by atoms with Crippen molar-refractivity contribution in [2.45, 2.75) is 44.2 Å². The number of pyridine rings is 1. The molecule has 13 nitrogen and oxygen atoms in total. The van der Waals surface area contributed by atoms with Crippen molar-refractivity contribution in [1.29, 1.82) is 0 Å². The molecule has 1 aliphatic carbocycles. The fraction of sp³-hybridized carbons (Fsp3) is 0.351. The molecule has 14 heteroatoms. The molecule has 2 fully saturated rings. The van der Waals surface area contributed by atoms with Crippen LogP contribution in [0.25, 0.3) is 33.4 Å². The Hall–Kier alpha value is -5.27. The highest BCUT2D eigenvalue weighted by Crippen LogP contribution is 2.46. The van der Waals surface area contributed by atoms with Gasteiger partial charge in [-0.15, -0.1) is 0 Å². The summed E-state index contributed by atoms with van der Waals surface area (Å²) in [5.74, 6) is 0.901. The fourth-order valence-corrected chi connectivity index (χ4v) is 8.43. The van der Waals surface area contributed by atoms with Crippen LogP contribution in [-0.2, 0) is 20.5 Å². The summed E-state index contributed by atoms with van der Waals surface area (Å²) in [6.07, 6.45) is 5.01. The summed E-state index contributed by atoms with van der Waals surface area (Å²) in [6.45, 7) is 4.38. The highest BCUT2D eigenvalue weighted by molar-refractivity contribution is 6.36. The monoisotopic (exact) mass is 707 g/mol. The first-order valence-corrected chi connectivity index (χ1v) is 17.4. The van der Waals surface area contributed by atoms with Crippen LogP contribution in [0.4, 0.5) is 16.3 Å². The average Bonchev–Trinajstić information content (AvgIpc) is 3.74. The molecule has 2 amide bonds. The van der Waals surface area contributed by atoms with Crippen LogP contribution in [0.5, 0.6) is 5.88 Å². The van der Waals surface area contributed by atoms with Gasteiger partial charge in [-0.1, -0.05) is 41.9 Å². The van der Waals surface area contributed by atoms with E-state index >= 15 is 0 Å². The lowest BCUT2D eigenvalue weighted by Gasteiger charge is -2.36. The van der Waals surface area contributed by atoms with Crippen LogP contribution in [0, 0.1) is 6.92 Å². The molecular weight excluding hydrogens is 670 g/mol. The average molecular weight is 708 g/mol. The van der Waals surface area contributed by atoms with Crippen LogP contribution in [0.1, 0.15) is 42.0 Å². The molecule has 0 radical (unpaired) electrons. The van der Waals surface area contributed by atoms with Crippen molar-refractivity contribution < 1.29 is 9.53 Å². The Morgan fingerprint density at radius 3 is 2.61 bits per heavy atom. The van der Waals surface area contributed by atoms with E-state index in [-0.39, 0.29) is 28.6 Å². The van der Waals surface area contributed by atoms with Gasteiger partial charge in [-0.05, 0) is 61.4 Å². The van der Waals surface area contributed by atoms with Crippen LogP contribution in [0.15, 0.2) is 58.4 Å². The molecule has 0 saturated carbocycles. The number of carbonyl (C=O) groups is 1. The van der Waals surface area contributed by atoms with Gasteiger partial charge < -0.3 is 20.7 Å². The molecule has 51 heavy (non-hydrogen) atoms. The van der Waals surface area contributed by atoms with Gasteiger partial charge in [0, 0.05) is 62.1 Å². The molecule has 2 atom stereocenters. The Balaban J connectivity index is 1.12. The number of benzene rings is 2. The van der Waals surface area contributed by atoms with Gasteiger partial charge in [0.2, 0.25) is 5.88 Å². The summed E-state index contributed by atoms with van der Waals surface area (Å²) in [7, 11) is 4.67. The second kappa shape index (κ2) is 12.5. The zero-order valence-corrected chi connectivity index (χ0v) is 29.6. The van der Waals surface area contributed by atoms with Crippen molar-refractivity contribution in [3.8, 4) is 28.3 Å². The zero-order chi connectivity index (χ0) is 35.6. The van der Waals surface area contributed by atoms with Gasteiger partial charge in [-0.2, -0.15) is 0 Å². The third-order valence-electron chi connectivity index (χ3n) is 10.8. The molecule has 1 spiro atoms. The largest absolute Gasteiger partial charge is 0.481 e. The maximum Gasteiger partial charge on any atom is 0.332 e. The molecule has 0 bridgehead atoms.